The van der Waals surface area contributed by atoms with Gasteiger partial charge < -0.3 is 19.8 Å². The highest BCUT2D eigenvalue weighted by Crippen LogP contribution is 2.36. The number of aryl methyl sites for hydroxylation is 1. The van der Waals surface area contributed by atoms with Crippen LogP contribution in [0.4, 0.5) is 13.2 Å². The van der Waals surface area contributed by atoms with E-state index in [-0.39, 0.29) is 49.9 Å². The Balaban J connectivity index is 1.57. The number of piperidine rings is 1. The third-order valence-corrected chi connectivity index (χ3v) is 7.09. The second-order valence-corrected chi connectivity index (χ2v) is 9.96. The first kappa shape index (κ1) is 32.1. The van der Waals surface area contributed by atoms with Crippen molar-refractivity contribution in [3.63, 3.8) is 0 Å². The summed E-state index contributed by atoms with van der Waals surface area (Å²) >= 11 is 0. The molecule has 0 bridgehead atoms. The number of nitrogens with zero attached hydrogens (tertiary/aromatic N) is 3. The fourth-order valence-corrected chi connectivity index (χ4v) is 5.12. The van der Waals surface area contributed by atoms with Crippen molar-refractivity contribution in [2.45, 2.75) is 50.9 Å². The van der Waals surface area contributed by atoms with Gasteiger partial charge in [-0.15, -0.1) is 0 Å². The maximum absolute atomic E-state index is 13.7. The van der Waals surface area contributed by atoms with Crippen molar-refractivity contribution < 1.29 is 51.6 Å². The van der Waals surface area contributed by atoms with E-state index in [9.17, 15) is 41.9 Å². The summed E-state index contributed by atoms with van der Waals surface area (Å²) in [5.41, 5.74) is -1.51. The summed E-state index contributed by atoms with van der Waals surface area (Å²) in [6.07, 6.45) is -2.12. The summed E-state index contributed by atoms with van der Waals surface area (Å²) in [4.78, 5) is 77.7. The number of fused-ring (bicyclic) bond motifs is 1. The zero-order valence-electron chi connectivity index (χ0n) is 23.3. The number of carbonyl (C=O) groups is 6. The topological polar surface area (TPSA) is 179 Å². The van der Waals surface area contributed by atoms with Gasteiger partial charge in [-0.1, -0.05) is 17.3 Å². The second kappa shape index (κ2) is 13.2. The molecule has 1 aromatic carbocycles. The van der Waals surface area contributed by atoms with Gasteiger partial charge in [-0.2, -0.15) is 13.2 Å². The van der Waals surface area contributed by atoms with Gasteiger partial charge >= 0.3 is 6.18 Å². The Morgan fingerprint density at radius 2 is 1.95 bits per heavy atom. The van der Waals surface area contributed by atoms with Crippen LogP contribution in [-0.4, -0.2) is 81.2 Å². The van der Waals surface area contributed by atoms with Gasteiger partial charge in [0.2, 0.25) is 23.6 Å². The predicted octanol–water partition coefficient (Wildman–Crippen LogP) is 1.28. The van der Waals surface area contributed by atoms with Gasteiger partial charge in [-0.05, 0) is 43.9 Å². The lowest BCUT2D eigenvalue weighted by atomic mass is 10.0. The summed E-state index contributed by atoms with van der Waals surface area (Å²) in [5, 5.41) is 16.7. The van der Waals surface area contributed by atoms with Crippen LogP contribution in [0.25, 0.3) is 0 Å². The minimum absolute atomic E-state index is 0.00735. The molecule has 3 N–H and O–H groups in total. The quantitative estimate of drug-likeness (QED) is 0.247. The molecule has 13 nitrogen and oxygen atoms in total. The Labute approximate surface area is 248 Å². The Morgan fingerprint density at radius 3 is 2.61 bits per heavy atom. The first-order valence-corrected chi connectivity index (χ1v) is 13.6. The summed E-state index contributed by atoms with van der Waals surface area (Å²) in [5.74, 6) is -4.42. The molecule has 4 rings (SSSR count). The Bertz CT molecular complexity index is 1520. The lowest BCUT2D eigenvalue weighted by Gasteiger charge is -2.30. The molecule has 2 aliphatic rings. The molecule has 0 aliphatic carbocycles. The van der Waals surface area contributed by atoms with Crippen LogP contribution in [0.2, 0.25) is 0 Å². The van der Waals surface area contributed by atoms with Gasteiger partial charge in [0.15, 0.2) is 5.69 Å². The van der Waals surface area contributed by atoms with Crippen molar-refractivity contribution in [1.29, 1.82) is 0 Å². The van der Waals surface area contributed by atoms with Gasteiger partial charge in [0, 0.05) is 25.6 Å². The number of imide groups is 2. The molecule has 2 aromatic rings. The molecule has 2 aliphatic heterocycles. The summed E-state index contributed by atoms with van der Waals surface area (Å²) in [7, 11) is 0. The maximum Gasteiger partial charge on any atom is 0.437 e. The fraction of sp³-hybridized carbons (Fsp3) is 0.393. The number of halogens is 3. The average molecular weight is 620 g/mol. The van der Waals surface area contributed by atoms with Crippen LogP contribution in [0.3, 0.4) is 0 Å². The number of aliphatic hydroxyl groups is 1. The summed E-state index contributed by atoms with van der Waals surface area (Å²) < 4.78 is 45.6. The highest BCUT2D eigenvalue weighted by atomic mass is 19.4. The van der Waals surface area contributed by atoms with E-state index in [2.05, 4.69) is 20.3 Å². The lowest BCUT2D eigenvalue weighted by Crippen LogP contribution is -2.54. The number of aromatic nitrogens is 1. The smallest absolute Gasteiger partial charge is 0.392 e. The molecule has 1 fully saturated rings. The van der Waals surface area contributed by atoms with E-state index in [4.69, 9.17) is 5.11 Å². The van der Waals surface area contributed by atoms with Crippen LogP contribution < -0.4 is 10.6 Å². The van der Waals surface area contributed by atoms with Crippen LogP contribution >= 0.6 is 0 Å². The Hall–Kier alpha value is -4.86. The first-order chi connectivity index (χ1) is 20.9. The van der Waals surface area contributed by atoms with E-state index < -0.39 is 71.6 Å². The lowest BCUT2D eigenvalue weighted by molar-refractivity contribution is -0.146. The minimum Gasteiger partial charge on any atom is -0.392 e. The molecule has 1 saturated heterocycles. The van der Waals surface area contributed by atoms with E-state index in [1.54, 1.807) is 13.0 Å². The normalized spacial score (nSPS) is 17.6. The van der Waals surface area contributed by atoms with E-state index in [1.165, 1.54) is 12.1 Å². The second-order valence-electron chi connectivity index (χ2n) is 9.96. The molecule has 234 valence electrons. The van der Waals surface area contributed by atoms with E-state index in [0.717, 1.165) is 22.0 Å². The van der Waals surface area contributed by atoms with Gasteiger partial charge in [0.1, 0.15) is 18.3 Å². The van der Waals surface area contributed by atoms with Crippen molar-refractivity contribution >= 4 is 35.4 Å². The molecule has 0 saturated carbocycles. The van der Waals surface area contributed by atoms with Crippen LogP contribution in [0.5, 0.6) is 0 Å². The van der Waals surface area contributed by atoms with Crippen LogP contribution in [0.1, 0.15) is 69.8 Å². The molecule has 0 spiro atoms. The van der Waals surface area contributed by atoms with Crippen molar-refractivity contribution in [3.8, 4) is 0 Å². The van der Waals surface area contributed by atoms with E-state index in [1.807, 2.05) is 0 Å². The van der Waals surface area contributed by atoms with Crippen molar-refractivity contribution in [2.75, 3.05) is 19.7 Å². The fourth-order valence-electron chi connectivity index (χ4n) is 5.12. The summed E-state index contributed by atoms with van der Waals surface area (Å²) in [6, 6.07) is 1.49. The molecule has 16 heteroatoms. The first-order valence-electron chi connectivity index (χ1n) is 13.6. The van der Waals surface area contributed by atoms with Crippen molar-refractivity contribution in [1.82, 2.24) is 25.6 Å². The molecule has 6 amide bonds. The van der Waals surface area contributed by atoms with Crippen LogP contribution in [-0.2, 0) is 31.8 Å². The third kappa shape index (κ3) is 6.54. The molecule has 44 heavy (non-hydrogen) atoms. The number of aliphatic hydroxyl groups excluding tert-OH is 1. The molecule has 3 heterocycles. The van der Waals surface area contributed by atoms with Crippen LogP contribution in [0, 0.1) is 0 Å². The molecule has 0 radical (unpaired) electrons. The standard InChI is InChI=1S/C28H28F3N5O8/c1-2-32-25(41)22(18-14-44-34-23(18)28(29,30)31)35(21(39)6-4-12-37)11-3-5-15-7-8-16-17(13-15)27(43)36(26(16)42)19-9-10-20(38)33-24(19)40/h4,6-8,13-14,19,22,37H,2-3,5,9-12H2,1H3,(H,32,41)(H,33,38,40). The number of amides is 6. The number of hydrogen-bond donors (Lipinski definition) is 3. The number of carbonyl (C=O) groups excluding carboxylic acids is 6. The molecular formula is C28H28F3N5O8. The highest BCUT2D eigenvalue weighted by Gasteiger charge is 2.45. The maximum atomic E-state index is 13.7. The predicted molar refractivity (Wildman–Crippen MR) is 142 cm³/mol. The highest BCUT2D eigenvalue weighted by molar-refractivity contribution is 6.23. The number of benzene rings is 1. The van der Waals surface area contributed by atoms with Crippen molar-refractivity contribution in [3.05, 3.63) is 64.6 Å². The molecule has 2 atom stereocenters. The molecule has 1 aromatic heterocycles. The SMILES string of the molecule is CCNC(=O)C(c1conc1C(F)(F)F)N(CCCc1ccc2c(c1)C(=O)N(C1CCC(=O)NC1=O)C2=O)C(=O)C=CCO. The van der Waals surface area contributed by atoms with Gasteiger partial charge in [0.25, 0.3) is 11.8 Å². The Kier molecular flexibility index (Phi) is 9.62. The monoisotopic (exact) mass is 619 g/mol. The van der Waals surface area contributed by atoms with Gasteiger partial charge in [0.05, 0.1) is 23.3 Å². The zero-order valence-corrected chi connectivity index (χ0v) is 23.3. The number of rotatable bonds is 11. The zero-order chi connectivity index (χ0) is 32.2. The number of nitrogens with one attached hydrogen (secondary N) is 2. The number of likely N-dealkylation sites (N-methyl/N-ethyl adjacent to an activating group) is 1. The van der Waals surface area contributed by atoms with E-state index >= 15 is 0 Å². The summed E-state index contributed by atoms with van der Waals surface area (Å²) in [6.45, 7) is 0.815. The van der Waals surface area contributed by atoms with Crippen LogP contribution in [0.15, 0.2) is 41.1 Å². The number of alkyl halides is 3. The minimum atomic E-state index is -4.99. The Morgan fingerprint density at radius 1 is 1.23 bits per heavy atom. The third-order valence-electron chi connectivity index (χ3n) is 7.09. The van der Waals surface area contributed by atoms with Crippen molar-refractivity contribution in [2.24, 2.45) is 0 Å². The molecular weight excluding hydrogens is 591 g/mol. The average Bonchev–Trinajstić information content (AvgIpc) is 3.55. The largest absolute Gasteiger partial charge is 0.437 e. The molecule has 2 unspecified atom stereocenters. The van der Waals surface area contributed by atoms with Gasteiger partial charge in [-0.3, -0.25) is 39.0 Å². The number of hydrogen-bond acceptors (Lipinski definition) is 9. The van der Waals surface area contributed by atoms with Gasteiger partial charge in [-0.25, -0.2) is 0 Å². The van der Waals surface area contributed by atoms with E-state index in [0.29, 0.717) is 11.8 Å².